The van der Waals surface area contributed by atoms with Crippen molar-refractivity contribution < 1.29 is 0 Å². The van der Waals surface area contributed by atoms with E-state index in [0.29, 0.717) is 0 Å². The topological polar surface area (TPSA) is 35.2 Å². The zero-order chi connectivity index (χ0) is 24.8. The monoisotopic (exact) mass is 502 g/mol. The van der Waals surface area contributed by atoms with Crippen LogP contribution in [0.4, 0.5) is 0 Å². The third-order valence-electron chi connectivity index (χ3n) is 8.46. The number of hydrogen-bond acceptors (Lipinski definition) is 4. The molecule has 1 saturated heterocycles. The first-order valence-electron chi connectivity index (χ1n) is 13.8. The van der Waals surface area contributed by atoms with E-state index >= 15 is 0 Å². The summed E-state index contributed by atoms with van der Waals surface area (Å²) in [4.78, 5) is 10.5. The molecule has 0 spiro atoms. The van der Waals surface area contributed by atoms with Gasteiger partial charge in [-0.05, 0) is 113 Å². The highest BCUT2D eigenvalue weighted by Gasteiger charge is 2.39. The fourth-order valence-electron chi connectivity index (χ4n) is 6.45. The Kier molecular flexibility index (Phi) is 8.51. The first-order valence-corrected chi connectivity index (χ1v) is 14.6. The minimum atomic E-state index is 0.236. The fourth-order valence-corrected chi connectivity index (χ4v) is 7.39. The number of benzene rings is 2. The summed E-state index contributed by atoms with van der Waals surface area (Å²) in [6.45, 7) is 6.85. The van der Waals surface area contributed by atoms with Crippen molar-refractivity contribution in [1.82, 2.24) is 19.2 Å². The van der Waals surface area contributed by atoms with Gasteiger partial charge in [-0.1, -0.05) is 61.0 Å². The van der Waals surface area contributed by atoms with Crippen molar-refractivity contribution in [2.24, 2.45) is 5.92 Å². The van der Waals surface area contributed by atoms with Crippen LogP contribution in [0.3, 0.4) is 0 Å². The Bertz CT molecular complexity index is 1090. The van der Waals surface area contributed by atoms with Gasteiger partial charge in [-0.3, -0.25) is 0 Å². The van der Waals surface area contributed by atoms with Crippen LogP contribution >= 0.6 is 11.9 Å². The lowest BCUT2D eigenvalue weighted by atomic mass is 9.78. The maximum Gasteiger partial charge on any atom is 0.108 e. The molecule has 0 saturated carbocycles. The largest absolute Gasteiger partial charge is 0.336 e. The van der Waals surface area contributed by atoms with Gasteiger partial charge in [-0.2, -0.15) is 0 Å². The van der Waals surface area contributed by atoms with Crippen LogP contribution in [0.1, 0.15) is 61.0 Å². The molecule has 1 N–H and O–H groups in total. The van der Waals surface area contributed by atoms with Gasteiger partial charge >= 0.3 is 0 Å². The summed E-state index contributed by atoms with van der Waals surface area (Å²) in [5.74, 6) is 1.89. The van der Waals surface area contributed by atoms with E-state index in [-0.39, 0.29) is 5.41 Å². The predicted octanol–water partition coefficient (Wildman–Crippen LogP) is 6.67. The number of rotatable bonds is 11. The Morgan fingerprint density at radius 3 is 2.64 bits per heavy atom. The van der Waals surface area contributed by atoms with Crippen molar-refractivity contribution in [3.8, 4) is 0 Å². The predicted molar refractivity (Wildman–Crippen MR) is 151 cm³/mol. The molecule has 3 aromatic rings. The second kappa shape index (κ2) is 12.0. The van der Waals surface area contributed by atoms with Crippen LogP contribution in [0.2, 0.25) is 0 Å². The molecule has 1 fully saturated rings. The number of likely N-dealkylation sites (tertiary alicyclic amines) is 1. The Morgan fingerprint density at radius 1 is 1.08 bits per heavy atom. The summed E-state index contributed by atoms with van der Waals surface area (Å²) < 4.78 is 2.42. The number of aromatic nitrogens is 2. The number of aryl methyl sites for hydroxylation is 3. The molecule has 0 amide bonds. The Balaban J connectivity index is 1.14. The molecule has 1 aliphatic heterocycles. The lowest BCUT2D eigenvalue weighted by Crippen LogP contribution is -2.41. The number of nitrogens with zero attached hydrogens (tertiary/aromatic N) is 3. The van der Waals surface area contributed by atoms with Gasteiger partial charge < -0.3 is 9.88 Å². The molecule has 5 heteroatoms. The van der Waals surface area contributed by atoms with Crippen molar-refractivity contribution in [3.05, 3.63) is 83.3 Å². The highest BCUT2D eigenvalue weighted by Crippen LogP contribution is 2.43. The van der Waals surface area contributed by atoms with Gasteiger partial charge in [0.05, 0.1) is 6.20 Å². The molecular formula is C31H42N4S. The molecule has 1 atom stereocenters. The first-order chi connectivity index (χ1) is 17.6. The Morgan fingerprint density at radius 2 is 1.86 bits per heavy atom. The van der Waals surface area contributed by atoms with Crippen LogP contribution < -0.4 is 0 Å². The number of nitrogens with one attached hydrogen (secondary N) is 1. The lowest BCUT2D eigenvalue weighted by Gasteiger charge is -2.38. The standard InChI is InChI=1S/C31H42N4S/c1-25-32-23-30(33-25)36-34(2)24-31(18-15-28-13-6-7-14-29(28)31)19-22-35-20-16-27(17-21-35)12-8-11-26-9-4-3-5-10-26/h3-7,9-10,13-14,23,27H,8,11-12,15-22,24H2,1-2H3,(H,32,33). The van der Waals surface area contributed by atoms with E-state index in [1.165, 1.54) is 76.6 Å². The lowest BCUT2D eigenvalue weighted by molar-refractivity contribution is 0.158. The highest BCUT2D eigenvalue weighted by molar-refractivity contribution is 7.96. The number of imidazole rings is 1. The third-order valence-corrected chi connectivity index (χ3v) is 9.30. The smallest absolute Gasteiger partial charge is 0.108 e. The van der Waals surface area contributed by atoms with Crippen molar-refractivity contribution >= 4 is 11.9 Å². The van der Waals surface area contributed by atoms with Gasteiger partial charge in [-0.25, -0.2) is 9.29 Å². The molecule has 36 heavy (non-hydrogen) atoms. The molecule has 2 aliphatic rings. The molecule has 1 aromatic heterocycles. The molecule has 2 heterocycles. The van der Waals surface area contributed by atoms with Crippen LogP contribution in [0.5, 0.6) is 0 Å². The molecule has 4 nitrogen and oxygen atoms in total. The van der Waals surface area contributed by atoms with Crippen molar-refractivity contribution in [2.45, 2.75) is 68.7 Å². The maximum absolute atomic E-state index is 4.38. The molecule has 1 aliphatic carbocycles. The molecule has 0 bridgehead atoms. The number of hydrogen-bond donors (Lipinski definition) is 1. The highest BCUT2D eigenvalue weighted by atomic mass is 32.2. The van der Waals surface area contributed by atoms with Crippen molar-refractivity contribution in [3.63, 3.8) is 0 Å². The summed E-state index contributed by atoms with van der Waals surface area (Å²) >= 11 is 1.79. The number of piperidine rings is 1. The van der Waals surface area contributed by atoms with Gasteiger partial charge in [-0.15, -0.1) is 0 Å². The van der Waals surface area contributed by atoms with Crippen LogP contribution in [-0.4, -0.2) is 52.4 Å². The Hall–Kier alpha value is -2.08. The van der Waals surface area contributed by atoms with E-state index in [1.807, 2.05) is 13.1 Å². The van der Waals surface area contributed by atoms with E-state index in [0.717, 1.165) is 23.3 Å². The summed E-state index contributed by atoms with van der Waals surface area (Å²) in [5.41, 5.74) is 4.88. The van der Waals surface area contributed by atoms with E-state index in [9.17, 15) is 0 Å². The number of fused-ring (bicyclic) bond motifs is 1. The SMILES string of the molecule is Cc1ncc(SN(C)CC2(CCN3CCC(CCCc4ccccc4)CC3)CCc3ccccc32)[nH]1. The molecule has 1 unspecified atom stereocenters. The van der Waals surface area contributed by atoms with Crippen LogP contribution in [0.15, 0.2) is 65.8 Å². The summed E-state index contributed by atoms with van der Waals surface area (Å²) in [6.07, 6.45) is 12.3. The molecule has 5 rings (SSSR count). The van der Waals surface area contributed by atoms with E-state index in [2.05, 4.69) is 80.8 Å². The van der Waals surface area contributed by atoms with Crippen molar-refractivity contribution in [1.29, 1.82) is 0 Å². The number of aromatic amines is 1. The zero-order valence-electron chi connectivity index (χ0n) is 22.1. The molecule has 2 aromatic carbocycles. The second-order valence-electron chi connectivity index (χ2n) is 11.1. The summed E-state index contributed by atoms with van der Waals surface area (Å²) in [6, 6.07) is 20.2. The second-order valence-corrected chi connectivity index (χ2v) is 12.3. The number of H-pyrrole nitrogens is 1. The zero-order valence-corrected chi connectivity index (χ0v) is 22.9. The van der Waals surface area contributed by atoms with Crippen LogP contribution in [0, 0.1) is 12.8 Å². The minimum Gasteiger partial charge on any atom is -0.336 e. The van der Waals surface area contributed by atoms with Gasteiger partial charge in [0.2, 0.25) is 0 Å². The van der Waals surface area contributed by atoms with Gasteiger partial charge in [0.1, 0.15) is 10.9 Å². The minimum absolute atomic E-state index is 0.236. The van der Waals surface area contributed by atoms with Gasteiger partial charge in [0.25, 0.3) is 0 Å². The van der Waals surface area contributed by atoms with Crippen molar-refractivity contribution in [2.75, 3.05) is 33.2 Å². The maximum atomic E-state index is 4.38. The number of likely N-dealkylation sites (N-methyl/N-ethyl adjacent to an activating group) is 1. The van der Waals surface area contributed by atoms with E-state index < -0.39 is 0 Å². The summed E-state index contributed by atoms with van der Waals surface area (Å²) in [7, 11) is 2.24. The third kappa shape index (κ3) is 6.42. The molecule has 192 valence electrons. The average Bonchev–Trinajstić information content (AvgIpc) is 3.47. The first kappa shape index (κ1) is 25.6. The Labute approximate surface area is 222 Å². The van der Waals surface area contributed by atoms with E-state index in [4.69, 9.17) is 0 Å². The van der Waals surface area contributed by atoms with Gasteiger partial charge in [0, 0.05) is 12.0 Å². The fraction of sp³-hybridized carbons (Fsp3) is 0.516. The van der Waals surface area contributed by atoms with Crippen LogP contribution in [0.25, 0.3) is 0 Å². The average molecular weight is 503 g/mol. The van der Waals surface area contributed by atoms with Crippen LogP contribution in [-0.2, 0) is 18.3 Å². The molecular weight excluding hydrogens is 460 g/mol. The normalized spacial score (nSPS) is 20.8. The quantitative estimate of drug-likeness (QED) is 0.297. The molecule has 0 radical (unpaired) electrons. The summed E-state index contributed by atoms with van der Waals surface area (Å²) in [5, 5.41) is 1.13. The van der Waals surface area contributed by atoms with Gasteiger partial charge in [0.15, 0.2) is 0 Å². The van der Waals surface area contributed by atoms with E-state index in [1.54, 1.807) is 23.1 Å².